The van der Waals surface area contributed by atoms with Gasteiger partial charge in [0.25, 0.3) is 5.91 Å². The van der Waals surface area contributed by atoms with Gasteiger partial charge in [-0.05, 0) is 25.3 Å². The number of hydrogen-bond donors (Lipinski definition) is 1. The van der Waals surface area contributed by atoms with Crippen molar-refractivity contribution in [2.75, 3.05) is 0 Å². The SMILES string of the molecule is Cc1cccc[n+]1CC(=O)N[C@H](C)CCc1ccccc1. The Balaban J connectivity index is 1.78. The molecule has 0 fully saturated rings. The van der Waals surface area contributed by atoms with Crippen LogP contribution >= 0.6 is 0 Å². The fourth-order valence-electron chi connectivity index (χ4n) is 2.31. The van der Waals surface area contributed by atoms with E-state index in [4.69, 9.17) is 0 Å². The van der Waals surface area contributed by atoms with Crippen molar-refractivity contribution >= 4 is 5.91 Å². The van der Waals surface area contributed by atoms with E-state index >= 15 is 0 Å². The van der Waals surface area contributed by atoms with Gasteiger partial charge in [0, 0.05) is 25.1 Å². The zero-order chi connectivity index (χ0) is 15.1. The summed E-state index contributed by atoms with van der Waals surface area (Å²) in [6.07, 6.45) is 3.87. The van der Waals surface area contributed by atoms with Gasteiger partial charge in [0.2, 0.25) is 6.54 Å². The maximum absolute atomic E-state index is 12.1. The molecule has 0 aliphatic heterocycles. The molecule has 0 spiro atoms. The van der Waals surface area contributed by atoms with Crippen LogP contribution in [0.3, 0.4) is 0 Å². The van der Waals surface area contributed by atoms with Crippen LogP contribution < -0.4 is 9.88 Å². The van der Waals surface area contributed by atoms with Gasteiger partial charge >= 0.3 is 0 Å². The van der Waals surface area contributed by atoms with Gasteiger partial charge in [-0.2, -0.15) is 4.57 Å². The lowest BCUT2D eigenvalue weighted by Gasteiger charge is -2.13. The fraction of sp³-hybridized carbons (Fsp3) is 0.333. The highest BCUT2D eigenvalue weighted by atomic mass is 16.2. The van der Waals surface area contributed by atoms with Crippen LogP contribution in [0.2, 0.25) is 0 Å². The first-order chi connectivity index (χ1) is 10.1. The monoisotopic (exact) mass is 283 g/mol. The number of aryl methyl sites for hydroxylation is 2. The molecule has 0 saturated carbocycles. The number of pyridine rings is 1. The van der Waals surface area contributed by atoms with Crippen LogP contribution in [0.15, 0.2) is 54.7 Å². The van der Waals surface area contributed by atoms with E-state index in [0.717, 1.165) is 18.5 Å². The molecule has 1 aromatic heterocycles. The Morgan fingerprint density at radius 3 is 2.57 bits per heavy atom. The standard InChI is InChI=1S/C18H22N2O/c1-15(11-12-17-9-4-3-5-10-17)19-18(21)14-20-13-7-6-8-16(20)2/h3-10,13,15H,11-12,14H2,1-2H3/p+1/t15-/m1/s1. The first-order valence-electron chi connectivity index (χ1n) is 7.43. The first kappa shape index (κ1) is 15.2. The third kappa shape index (κ3) is 5.03. The number of aromatic nitrogens is 1. The maximum atomic E-state index is 12.1. The van der Waals surface area contributed by atoms with Crippen LogP contribution in [0.4, 0.5) is 0 Å². The van der Waals surface area contributed by atoms with Crippen molar-refractivity contribution in [3.8, 4) is 0 Å². The van der Waals surface area contributed by atoms with Crippen LogP contribution in [0, 0.1) is 6.92 Å². The molecule has 0 saturated heterocycles. The van der Waals surface area contributed by atoms with Gasteiger partial charge in [0.1, 0.15) is 0 Å². The predicted molar refractivity (Wildman–Crippen MR) is 83.7 cm³/mol. The second-order valence-electron chi connectivity index (χ2n) is 5.46. The van der Waals surface area contributed by atoms with E-state index in [0.29, 0.717) is 6.54 Å². The van der Waals surface area contributed by atoms with E-state index in [1.54, 1.807) is 0 Å². The lowest BCUT2D eigenvalue weighted by atomic mass is 10.1. The Morgan fingerprint density at radius 1 is 1.14 bits per heavy atom. The second kappa shape index (κ2) is 7.58. The molecular formula is C18H23N2O+. The molecule has 21 heavy (non-hydrogen) atoms. The number of nitrogens with one attached hydrogen (secondary N) is 1. The lowest BCUT2D eigenvalue weighted by Crippen LogP contribution is -2.46. The summed E-state index contributed by atoms with van der Waals surface area (Å²) in [7, 11) is 0. The maximum Gasteiger partial charge on any atom is 0.286 e. The van der Waals surface area contributed by atoms with Crippen molar-refractivity contribution in [1.82, 2.24) is 5.32 Å². The quantitative estimate of drug-likeness (QED) is 0.812. The summed E-state index contributed by atoms with van der Waals surface area (Å²) in [4.78, 5) is 12.1. The first-order valence-corrected chi connectivity index (χ1v) is 7.43. The highest BCUT2D eigenvalue weighted by Crippen LogP contribution is 2.04. The van der Waals surface area contributed by atoms with Crippen molar-refractivity contribution in [3.05, 3.63) is 66.0 Å². The number of amides is 1. The molecule has 2 aromatic rings. The number of carbonyl (C=O) groups is 1. The Morgan fingerprint density at radius 2 is 1.86 bits per heavy atom. The van der Waals surface area contributed by atoms with Crippen LogP contribution in [-0.2, 0) is 17.8 Å². The normalized spacial score (nSPS) is 11.9. The van der Waals surface area contributed by atoms with Crippen molar-refractivity contribution in [1.29, 1.82) is 0 Å². The van der Waals surface area contributed by atoms with Gasteiger partial charge in [-0.1, -0.05) is 36.4 Å². The number of nitrogens with zero attached hydrogens (tertiary/aromatic N) is 1. The van der Waals surface area contributed by atoms with Gasteiger partial charge in [0.05, 0.1) is 0 Å². The van der Waals surface area contributed by atoms with E-state index in [1.807, 2.05) is 54.1 Å². The number of carbonyl (C=O) groups excluding carboxylic acids is 1. The molecule has 0 aliphatic rings. The Bertz CT molecular complexity index is 581. The molecule has 0 bridgehead atoms. The van der Waals surface area contributed by atoms with Gasteiger partial charge in [-0.25, -0.2) is 0 Å². The van der Waals surface area contributed by atoms with Crippen LogP contribution in [-0.4, -0.2) is 11.9 Å². The van der Waals surface area contributed by atoms with E-state index < -0.39 is 0 Å². The molecule has 1 heterocycles. The average Bonchev–Trinajstić information content (AvgIpc) is 2.48. The highest BCUT2D eigenvalue weighted by Gasteiger charge is 2.13. The fourth-order valence-corrected chi connectivity index (χ4v) is 2.31. The summed E-state index contributed by atoms with van der Waals surface area (Å²) < 4.78 is 1.96. The van der Waals surface area contributed by atoms with Crippen molar-refractivity contribution < 1.29 is 9.36 Å². The average molecular weight is 283 g/mol. The zero-order valence-corrected chi connectivity index (χ0v) is 12.8. The Labute approximate surface area is 126 Å². The molecular weight excluding hydrogens is 260 g/mol. The topological polar surface area (TPSA) is 33.0 Å². The van der Waals surface area contributed by atoms with Crippen LogP contribution in [0.5, 0.6) is 0 Å². The smallest absolute Gasteiger partial charge is 0.286 e. The molecule has 2 rings (SSSR count). The van der Waals surface area contributed by atoms with Crippen molar-refractivity contribution in [3.63, 3.8) is 0 Å². The Kier molecular flexibility index (Phi) is 5.50. The number of rotatable bonds is 6. The lowest BCUT2D eigenvalue weighted by molar-refractivity contribution is -0.690. The van der Waals surface area contributed by atoms with Crippen molar-refractivity contribution in [2.45, 2.75) is 39.3 Å². The summed E-state index contributed by atoms with van der Waals surface area (Å²) in [5, 5.41) is 3.07. The number of hydrogen-bond acceptors (Lipinski definition) is 1. The summed E-state index contributed by atoms with van der Waals surface area (Å²) in [6.45, 7) is 4.44. The number of benzene rings is 1. The molecule has 0 unspecified atom stereocenters. The molecule has 1 N–H and O–H groups in total. The minimum atomic E-state index is 0.0647. The summed E-state index contributed by atoms with van der Waals surface area (Å²) in [5.41, 5.74) is 2.40. The summed E-state index contributed by atoms with van der Waals surface area (Å²) in [6, 6.07) is 16.5. The molecule has 3 heteroatoms. The zero-order valence-electron chi connectivity index (χ0n) is 12.8. The van der Waals surface area contributed by atoms with Gasteiger partial charge < -0.3 is 5.32 Å². The second-order valence-corrected chi connectivity index (χ2v) is 5.46. The molecule has 1 amide bonds. The van der Waals surface area contributed by atoms with E-state index in [2.05, 4.69) is 24.4 Å². The molecule has 110 valence electrons. The van der Waals surface area contributed by atoms with Gasteiger partial charge in [0.15, 0.2) is 11.9 Å². The largest absolute Gasteiger partial charge is 0.348 e. The van der Waals surface area contributed by atoms with Crippen LogP contribution in [0.1, 0.15) is 24.6 Å². The molecule has 3 nitrogen and oxygen atoms in total. The predicted octanol–water partition coefficient (Wildman–Crippen LogP) is 2.42. The Hall–Kier alpha value is -2.16. The molecule has 1 atom stereocenters. The molecule has 0 aliphatic carbocycles. The van der Waals surface area contributed by atoms with Gasteiger partial charge in [-0.15, -0.1) is 0 Å². The molecule has 0 radical (unpaired) electrons. The molecule has 1 aromatic carbocycles. The van der Waals surface area contributed by atoms with Gasteiger partial charge in [-0.3, -0.25) is 4.79 Å². The van der Waals surface area contributed by atoms with Crippen LogP contribution in [0.25, 0.3) is 0 Å². The van der Waals surface area contributed by atoms with E-state index in [-0.39, 0.29) is 11.9 Å². The van der Waals surface area contributed by atoms with E-state index in [9.17, 15) is 4.79 Å². The van der Waals surface area contributed by atoms with Crippen molar-refractivity contribution in [2.24, 2.45) is 0 Å². The third-order valence-electron chi connectivity index (χ3n) is 3.60. The minimum absolute atomic E-state index is 0.0647. The highest BCUT2D eigenvalue weighted by molar-refractivity contribution is 5.74. The minimum Gasteiger partial charge on any atom is -0.348 e. The summed E-state index contributed by atoms with van der Waals surface area (Å²) in [5.74, 6) is 0.0647. The third-order valence-corrected chi connectivity index (χ3v) is 3.60. The summed E-state index contributed by atoms with van der Waals surface area (Å²) >= 11 is 0. The van der Waals surface area contributed by atoms with E-state index in [1.165, 1.54) is 5.56 Å².